The number of hydrogen-bond acceptors (Lipinski definition) is 3. The minimum Gasteiger partial charge on any atom is -0.508 e. The predicted molar refractivity (Wildman–Crippen MR) is 81.1 cm³/mol. The molecule has 0 bridgehead atoms. The van der Waals surface area contributed by atoms with Crippen LogP contribution in [0.4, 0.5) is 11.4 Å². The summed E-state index contributed by atoms with van der Waals surface area (Å²) in [7, 11) is 0. The van der Waals surface area contributed by atoms with Crippen LogP contribution < -0.4 is 11.1 Å². The van der Waals surface area contributed by atoms with E-state index in [9.17, 15) is 9.90 Å². The molecule has 0 fully saturated rings. The van der Waals surface area contributed by atoms with Crippen molar-refractivity contribution in [3.8, 4) is 5.75 Å². The van der Waals surface area contributed by atoms with Crippen molar-refractivity contribution in [2.45, 2.75) is 20.8 Å². The zero-order valence-electron chi connectivity index (χ0n) is 11.8. The molecule has 0 unspecified atom stereocenters. The van der Waals surface area contributed by atoms with Gasteiger partial charge in [0.05, 0.1) is 0 Å². The minimum absolute atomic E-state index is 0.178. The third kappa shape index (κ3) is 2.74. The van der Waals surface area contributed by atoms with Gasteiger partial charge in [-0.25, -0.2) is 0 Å². The second kappa shape index (κ2) is 5.25. The van der Waals surface area contributed by atoms with Gasteiger partial charge in [-0.15, -0.1) is 0 Å². The highest BCUT2D eigenvalue weighted by atomic mass is 16.3. The maximum absolute atomic E-state index is 12.2. The lowest BCUT2D eigenvalue weighted by atomic mass is 10.1. The molecule has 4 nitrogen and oxygen atoms in total. The molecule has 0 aromatic heterocycles. The molecular formula is C16H18N2O2. The number of benzene rings is 2. The van der Waals surface area contributed by atoms with Gasteiger partial charge in [-0.3, -0.25) is 4.79 Å². The molecule has 0 saturated heterocycles. The van der Waals surface area contributed by atoms with Crippen molar-refractivity contribution in [1.82, 2.24) is 0 Å². The van der Waals surface area contributed by atoms with Crippen molar-refractivity contribution in [2.24, 2.45) is 0 Å². The molecule has 20 heavy (non-hydrogen) atoms. The van der Waals surface area contributed by atoms with Crippen LogP contribution in [-0.2, 0) is 0 Å². The first-order chi connectivity index (χ1) is 9.38. The third-order valence-corrected chi connectivity index (χ3v) is 3.32. The molecule has 2 aromatic rings. The number of hydrogen-bond donors (Lipinski definition) is 3. The first-order valence-corrected chi connectivity index (χ1v) is 6.36. The van der Waals surface area contributed by atoms with Crippen molar-refractivity contribution in [3.63, 3.8) is 0 Å². The number of aryl methyl sites for hydroxylation is 3. The van der Waals surface area contributed by atoms with Crippen molar-refractivity contribution in [1.29, 1.82) is 0 Å². The number of nitrogens with one attached hydrogen (secondary N) is 1. The second-order valence-corrected chi connectivity index (χ2v) is 4.98. The van der Waals surface area contributed by atoms with E-state index in [0.29, 0.717) is 22.5 Å². The highest BCUT2D eigenvalue weighted by Crippen LogP contribution is 2.23. The van der Waals surface area contributed by atoms with Crippen LogP contribution in [0, 0.1) is 20.8 Å². The molecule has 0 saturated carbocycles. The first-order valence-electron chi connectivity index (χ1n) is 6.36. The lowest BCUT2D eigenvalue weighted by Gasteiger charge is -2.11. The summed E-state index contributed by atoms with van der Waals surface area (Å²) in [5, 5.41) is 12.3. The molecular weight excluding hydrogens is 252 g/mol. The molecule has 0 spiro atoms. The van der Waals surface area contributed by atoms with Gasteiger partial charge in [0.25, 0.3) is 5.91 Å². The van der Waals surface area contributed by atoms with E-state index in [1.165, 1.54) is 6.07 Å². The van der Waals surface area contributed by atoms with Gasteiger partial charge in [-0.05, 0) is 61.7 Å². The Morgan fingerprint density at radius 3 is 2.40 bits per heavy atom. The Labute approximate surface area is 118 Å². The monoisotopic (exact) mass is 270 g/mol. The van der Waals surface area contributed by atoms with Crippen LogP contribution >= 0.6 is 0 Å². The zero-order chi connectivity index (χ0) is 14.9. The van der Waals surface area contributed by atoms with Crippen molar-refractivity contribution >= 4 is 17.3 Å². The van der Waals surface area contributed by atoms with Gasteiger partial charge in [-0.1, -0.05) is 6.07 Å². The molecule has 2 rings (SSSR count). The summed E-state index contributed by atoms with van der Waals surface area (Å²) in [5.74, 6) is -0.0447. The van der Waals surface area contributed by atoms with Gasteiger partial charge >= 0.3 is 0 Å². The van der Waals surface area contributed by atoms with Gasteiger partial charge in [0.2, 0.25) is 0 Å². The summed E-state index contributed by atoms with van der Waals surface area (Å²) >= 11 is 0. The van der Waals surface area contributed by atoms with Crippen LogP contribution in [0.25, 0.3) is 0 Å². The summed E-state index contributed by atoms with van der Waals surface area (Å²) in [5.41, 5.74) is 10.3. The number of anilines is 2. The SMILES string of the molecule is Cc1cc(C)c(NC(=O)c2ccc(O)c(C)c2)cc1N. The highest BCUT2D eigenvalue weighted by molar-refractivity contribution is 6.05. The number of nitrogens with two attached hydrogens (primary N) is 1. The van der Waals surface area contributed by atoms with Crippen molar-refractivity contribution in [3.05, 3.63) is 52.6 Å². The van der Waals surface area contributed by atoms with Gasteiger partial charge in [0.1, 0.15) is 5.75 Å². The molecule has 4 N–H and O–H groups in total. The molecule has 0 atom stereocenters. The smallest absolute Gasteiger partial charge is 0.255 e. The summed E-state index contributed by atoms with van der Waals surface area (Å²) in [4.78, 5) is 12.2. The Morgan fingerprint density at radius 2 is 1.75 bits per heavy atom. The molecule has 0 aliphatic rings. The quantitative estimate of drug-likeness (QED) is 0.734. The molecule has 0 aliphatic carbocycles. The first kappa shape index (κ1) is 13.9. The van der Waals surface area contributed by atoms with Crippen molar-refractivity contribution < 1.29 is 9.90 Å². The van der Waals surface area contributed by atoms with Crippen LogP contribution in [0.15, 0.2) is 30.3 Å². The number of carbonyl (C=O) groups excluding carboxylic acids is 1. The normalized spacial score (nSPS) is 10.3. The molecule has 0 aliphatic heterocycles. The fourth-order valence-corrected chi connectivity index (χ4v) is 1.99. The van der Waals surface area contributed by atoms with Crippen LogP contribution in [0.3, 0.4) is 0 Å². The van der Waals surface area contributed by atoms with Crippen LogP contribution in [0.2, 0.25) is 0 Å². The molecule has 0 heterocycles. The van der Waals surface area contributed by atoms with Crippen molar-refractivity contribution in [2.75, 3.05) is 11.1 Å². The number of phenolic OH excluding ortho intramolecular Hbond substituents is 1. The maximum atomic E-state index is 12.2. The van der Waals surface area contributed by atoms with Crippen LogP contribution in [-0.4, -0.2) is 11.0 Å². The number of nitrogen functional groups attached to an aromatic ring is 1. The average Bonchev–Trinajstić information content (AvgIpc) is 2.39. The number of rotatable bonds is 2. The standard InChI is InChI=1S/C16H18N2O2/c1-9-6-10(2)14(8-13(9)17)18-16(20)12-4-5-15(19)11(3)7-12/h4-8,19H,17H2,1-3H3,(H,18,20). The molecule has 1 amide bonds. The molecule has 104 valence electrons. The maximum Gasteiger partial charge on any atom is 0.255 e. The molecule has 2 aromatic carbocycles. The van der Waals surface area contributed by atoms with Crippen LogP contribution in [0.1, 0.15) is 27.0 Å². The lowest BCUT2D eigenvalue weighted by molar-refractivity contribution is 0.102. The van der Waals surface area contributed by atoms with Crippen LogP contribution in [0.5, 0.6) is 5.75 Å². The lowest BCUT2D eigenvalue weighted by Crippen LogP contribution is -2.13. The van der Waals surface area contributed by atoms with E-state index in [1.807, 2.05) is 19.9 Å². The van der Waals surface area contributed by atoms with E-state index in [1.54, 1.807) is 25.1 Å². The third-order valence-electron chi connectivity index (χ3n) is 3.32. The van der Waals surface area contributed by atoms with E-state index >= 15 is 0 Å². The van der Waals surface area contributed by atoms with E-state index in [2.05, 4.69) is 5.32 Å². The topological polar surface area (TPSA) is 75.3 Å². The predicted octanol–water partition coefficient (Wildman–Crippen LogP) is 3.15. The molecule has 4 heteroatoms. The van der Waals surface area contributed by atoms with Gasteiger partial charge in [0, 0.05) is 16.9 Å². The Kier molecular flexibility index (Phi) is 3.66. The average molecular weight is 270 g/mol. The fourth-order valence-electron chi connectivity index (χ4n) is 1.99. The largest absolute Gasteiger partial charge is 0.508 e. The van der Waals surface area contributed by atoms with E-state index < -0.39 is 0 Å². The van der Waals surface area contributed by atoms with Gasteiger partial charge in [0.15, 0.2) is 0 Å². The van der Waals surface area contributed by atoms with E-state index in [4.69, 9.17) is 5.73 Å². The second-order valence-electron chi connectivity index (χ2n) is 4.98. The Bertz CT molecular complexity index is 678. The van der Waals surface area contributed by atoms with E-state index in [-0.39, 0.29) is 11.7 Å². The number of carbonyl (C=O) groups is 1. The Morgan fingerprint density at radius 1 is 1.05 bits per heavy atom. The fraction of sp³-hybridized carbons (Fsp3) is 0.188. The number of phenols is 1. The summed E-state index contributed by atoms with van der Waals surface area (Å²) in [6.45, 7) is 5.60. The number of amides is 1. The highest BCUT2D eigenvalue weighted by Gasteiger charge is 2.10. The van der Waals surface area contributed by atoms with Gasteiger partial charge < -0.3 is 16.2 Å². The van der Waals surface area contributed by atoms with Gasteiger partial charge in [-0.2, -0.15) is 0 Å². The summed E-state index contributed by atoms with van der Waals surface area (Å²) in [6.07, 6.45) is 0. The Hall–Kier alpha value is -2.49. The molecule has 0 radical (unpaired) electrons. The number of aromatic hydroxyl groups is 1. The minimum atomic E-state index is -0.223. The summed E-state index contributed by atoms with van der Waals surface area (Å²) in [6, 6.07) is 8.45. The summed E-state index contributed by atoms with van der Waals surface area (Å²) < 4.78 is 0. The van der Waals surface area contributed by atoms with E-state index in [0.717, 1.165) is 11.1 Å². The Balaban J connectivity index is 2.27. The zero-order valence-corrected chi connectivity index (χ0v) is 11.8.